The van der Waals surface area contributed by atoms with E-state index in [-0.39, 0.29) is 11.8 Å². The van der Waals surface area contributed by atoms with Gasteiger partial charge < -0.3 is 20.1 Å². The minimum Gasteiger partial charge on any atom is -0.497 e. The van der Waals surface area contributed by atoms with Gasteiger partial charge in [0.15, 0.2) is 0 Å². The summed E-state index contributed by atoms with van der Waals surface area (Å²) in [6, 6.07) is 10.2. The highest BCUT2D eigenvalue weighted by atomic mass is 16.5. The van der Waals surface area contributed by atoms with Crippen molar-refractivity contribution in [2.24, 2.45) is 0 Å². The predicted octanol–water partition coefficient (Wildman–Crippen LogP) is 2.42. The SMILES string of the molecule is CNC(=O)c1ccc(OC)cc1C#Cc1cc(OC)ccc1NC(C)=O. The van der Waals surface area contributed by atoms with Crippen molar-refractivity contribution in [2.45, 2.75) is 6.92 Å². The molecule has 0 radical (unpaired) electrons. The normalized spacial score (nSPS) is 9.54. The molecule has 0 unspecified atom stereocenters. The summed E-state index contributed by atoms with van der Waals surface area (Å²) in [4.78, 5) is 23.5. The molecule has 0 aliphatic carbocycles. The average Bonchev–Trinajstić information content (AvgIpc) is 2.65. The Balaban J connectivity index is 2.54. The number of hydrogen-bond acceptors (Lipinski definition) is 4. The quantitative estimate of drug-likeness (QED) is 0.829. The number of methoxy groups -OCH3 is 2. The highest BCUT2D eigenvalue weighted by Gasteiger charge is 2.10. The smallest absolute Gasteiger partial charge is 0.252 e. The van der Waals surface area contributed by atoms with Crippen LogP contribution >= 0.6 is 0 Å². The Kier molecular flexibility index (Phi) is 6.23. The van der Waals surface area contributed by atoms with Crippen LogP contribution in [0.4, 0.5) is 5.69 Å². The first kappa shape index (κ1) is 18.9. The first-order valence-corrected chi connectivity index (χ1v) is 7.86. The van der Waals surface area contributed by atoms with Gasteiger partial charge in [-0.15, -0.1) is 0 Å². The molecule has 0 aliphatic rings. The van der Waals surface area contributed by atoms with Crippen LogP contribution in [-0.2, 0) is 4.79 Å². The van der Waals surface area contributed by atoms with E-state index < -0.39 is 0 Å². The van der Waals surface area contributed by atoms with Crippen molar-refractivity contribution in [2.75, 3.05) is 26.6 Å². The predicted molar refractivity (Wildman–Crippen MR) is 99.7 cm³/mol. The van der Waals surface area contributed by atoms with E-state index in [1.807, 2.05) is 0 Å². The van der Waals surface area contributed by atoms with Crippen molar-refractivity contribution in [1.82, 2.24) is 5.32 Å². The summed E-state index contributed by atoms with van der Waals surface area (Å²) >= 11 is 0. The Hall–Kier alpha value is -3.46. The number of benzene rings is 2. The van der Waals surface area contributed by atoms with Gasteiger partial charge in [-0.05, 0) is 36.4 Å². The lowest BCUT2D eigenvalue weighted by molar-refractivity contribution is -0.114. The molecular formula is C20H20N2O4. The monoisotopic (exact) mass is 352 g/mol. The highest BCUT2D eigenvalue weighted by Crippen LogP contribution is 2.22. The van der Waals surface area contributed by atoms with Gasteiger partial charge in [0.2, 0.25) is 5.91 Å². The summed E-state index contributed by atoms with van der Waals surface area (Å²) in [6.07, 6.45) is 0. The summed E-state index contributed by atoms with van der Waals surface area (Å²) in [5, 5.41) is 5.32. The van der Waals surface area contributed by atoms with Gasteiger partial charge in [-0.1, -0.05) is 11.8 Å². The van der Waals surface area contributed by atoms with Gasteiger partial charge in [-0.3, -0.25) is 9.59 Å². The maximum Gasteiger partial charge on any atom is 0.252 e. The molecule has 2 rings (SSSR count). The number of rotatable bonds is 4. The number of ether oxygens (including phenoxy) is 2. The van der Waals surface area contributed by atoms with Crippen LogP contribution in [0, 0.1) is 11.8 Å². The molecule has 134 valence electrons. The molecule has 0 heterocycles. The van der Waals surface area contributed by atoms with E-state index in [1.54, 1.807) is 57.7 Å². The van der Waals surface area contributed by atoms with E-state index in [2.05, 4.69) is 22.5 Å². The topological polar surface area (TPSA) is 76.7 Å². The third-order valence-electron chi connectivity index (χ3n) is 3.57. The molecule has 2 N–H and O–H groups in total. The molecule has 0 bridgehead atoms. The lowest BCUT2D eigenvalue weighted by Gasteiger charge is -2.08. The second kappa shape index (κ2) is 8.58. The minimum atomic E-state index is -0.246. The number of carbonyl (C=O) groups is 2. The number of nitrogens with one attached hydrogen (secondary N) is 2. The minimum absolute atomic E-state index is 0.203. The molecule has 0 saturated carbocycles. The van der Waals surface area contributed by atoms with Gasteiger partial charge in [-0.2, -0.15) is 0 Å². The first-order chi connectivity index (χ1) is 12.5. The van der Waals surface area contributed by atoms with Gasteiger partial charge >= 0.3 is 0 Å². The van der Waals surface area contributed by atoms with Crippen LogP contribution in [0.2, 0.25) is 0 Å². The molecule has 0 spiro atoms. The Bertz CT molecular complexity index is 894. The van der Waals surface area contributed by atoms with Gasteiger partial charge in [0.1, 0.15) is 11.5 Å². The molecule has 0 saturated heterocycles. The summed E-state index contributed by atoms with van der Waals surface area (Å²) in [5.41, 5.74) is 2.09. The third kappa shape index (κ3) is 4.54. The van der Waals surface area contributed by atoms with Gasteiger partial charge in [0, 0.05) is 19.5 Å². The lowest BCUT2D eigenvalue weighted by atomic mass is 10.1. The van der Waals surface area contributed by atoms with Crippen LogP contribution in [0.25, 0.3) is 0 Å². The summed E-state index contributed by atoms with van der Waals surface area (Å²) in [5.74, 6) is 6.74. The van der Waals surface area contributed by atoms with Crippen LogP contribution < -0.4 is 20.1 Å². The largest absolute Gasteiger partial charge is 0.497 e. The number of carbonyl (C=O) groups excluding carboxylic acids is 2. The molecule has 2 amide bonds. The van der Waals surface area contributed by atoms with E-state index in [0.717, 1.165) is 0 Å². The molecule has 0 fully saturated rings. The van der Waals surface area contributed by atoms with Gasteiger partial charge in [0.05, 0.1) is 31.0 Å². The van der Waals surface area contributed by atoms with Crippen LogP contribution in [-0.4, -0.2) is 33.1 Å². The van der Waals surface area contributed by atoms with Crippen molar-refractivity contribution >= 4 is 17.5 Å². The maximum absolute atomic E-state index is 12.1. The second-order valence-electron chi connectivity index (χ2n) is 5.33. The molecule has 0 aromatic heterocycles. The van der Waals surface area contributed by atoms with Gasteiger partial charge in [0.25, 0.3) is 5.91 Å². The van der Waals surface area contributed by atoms with Gasteiger partial charge in [-0.25, -0.2) is 0 Å². The fraction of sp³-hybridized carbons (Fsp3) is 0.200. The Morgan fingerprint density at radius 3 is 2.08 bits per heavy atom. The summed E-state index contributed by atoms with van der Waals surface area (Å²) in [7, 11) is 4.65. The summed E-state index contributed by atoms with van der Waals surface area (Å²) in [6.45, 7) is 1.42. The van der Waals surface area contributed by atoms with Crippen molar-refractivity contribution in [3.8, 4) is 23.3 Å². The Labute approximate surface area is 152 Å². The Morgan fingerprint density at radius 1 is 0.923 bits per heavy atom. The molecule has 0 aliphatic heterocycles. The molecule has 26 heavy (non-hydrogen) atoms. The average molecular weight is 352 g/mol. The van der Waals surface area contributed by atoms with E-state index in [4.69, 9.17) is 9.47 Å². The van der Waals surface area contributed by atoms with E-state index in [1.165, 1.54) is 6.92 Å². The Morgan fingerprint density at radius 2 is 1.50 bits per heavy atom. The van der Waals surface area contributed by atoms with Crippen molar-refractivity contribution in [1.29, 1.82) is 0 Å². The van der Waals surface area contributed by atoms with E-state index in [9.17, 15) is 9.59 Å². The van der Waals surface area contributed by atoms with Crippen LogP contribution in [0.15, 0.2) is 36.4 Å². The van der Waals surface area contributed by atoms with Crippen molar-refractivity contribution < 1.29 is 19.1 Å². The standard InChI is InChI=1S/C20H20N2O4/c1-13(23)22-19-10-8-17(26-4)12-15(19)6-5-14-11-16(25-3)7-9-18(14)20(24)21-2/h7-12H,1-4H3,(H,21,24)(H,22,23). The van der Waals surface area contributed by atoms with Crippen LogP contribution in [0.1, 0.15) is 28.4 Å². The highest BCUT2D eigenvalue weighted by molar-refractivity contribution is 5.97. The molecule has 2 aromatic rings. The number of hydrogen-bond donors (Lipinski definition) is 2. The summed E-state index contributed by atoms with van der Waals surface area (Å²) < 4.78 is 10.4. The van der Waals surface area contributed by atoms with Crippen molar-refractivity contribution in [3.63, 3.8) is 0 Å². The zero-order valence-corrected chi connectivity index (χ0v) is 15.1. The third-order valence-corrected chi connectivity index (χ3v) is 3.57. The fourth-order valence-corrected chi connectivity index (χ4v) is 2.27. The molecule has 2 aromatic carbocycles. The molecule has 0 atom stereocenters. The molecule has 6 nitrogen and oxygen atoms in total. The zero-order valence-electron chi connectivity index (χ0n) is 15.1. The number of anilines is 1. The zero-order chi connectivity index (χ0) is 19.1. The van der Waals surface area contributed by atoms with Crippen LogP contribution in [0.3, 0.4) is 0 Å². The molecular weight excluding hydrogens is 332 g/mol. The van der Waals surface area contributed by atoms with Crippen molar-refractivity contribution in [3.05, 3.63) is 53.1 Å². The fourth-order valence-electron chi connectivity index (χ4n) is 2.27. The first-order valence-electron chi connectivity index (χ1n) is 7.86. The van der Waals surface area contributed by atoms with Crippen LogP contribution in [0.5, 0.6) is 11.5 Å². The second-order valence-corrected chi connectivity index (χ2v) is 5.33. The number of amides is 2. The maximum atomic E-state index is 12.1. The van der Waals surface area contributed by atoms with E-state index >= 15 is 0 Å². The lowest BCUT2D eigenvalue weighted by Crippen LogP contribution is -2.19. The molecule has 6 heteroatoms. The van der Waals surface area contributed by atoms with E-state index in [0.29, 0.717) is 33.9 Å².